The number of para-hydroxylation sites is 1. The molecule has 0 unspecified atom stereocenters. The summed E-state index contributed by atoms with van der Waals surface area (Å²) in [5.41, 5.74) is 1.80. The number of carbonyl (C=O) groups excluding carboxylic acids is 1. The molecular weight excluding hydrogens is 370 g/mol. The lowest BCUT2D eigenvalue weighted by Crippen LogP contribution is -2.25. The summed E-state index contributed by atoms with van der Waals surface area (Å²) in [6.07, 6.45) is 4.74. The number of hydrogen-bond donors (Lipinski definition) is 1. The SMILES string of the molecule is CCCCCCN=c1sc2ccccc2n1CC(=O)Nc1ccc(OC)cc1. The highest BCUT2D eigenvalue weighted by atomic mass is 32.1. The van der Waals surface area contributed by atoms with E-state index in [9.17, 15) is 4.79 Å². The summed E-state index contributed by atoms with van der Waals surface area (Å²) in [7, 11) is 1.62. The van der Waals surface area contributed by atoms with Crippen LogP contribution in [0.3, 0.4) is 0 Å². The van der Waals surface area contributed by atoms with Crippen molar-refractivity contribution in [3.05, 3.63) is 53.3 Å². The number of nitrogens with one attached hydrogen (secondary N) is 1. The van der Waals surface area contributed by atoms with Gasteiger partial charge in [-0.25, -0.2) is 0 Å². The van der Waals surface area contributed by atoms with Crippen molar-refractivity contribution in [2.45, 2.75) is 39.2 Å². The molecule has 0 spiro atoms. The number of fused-ring (bicyclic) bond motifs is 1. The summed E-state index contributed by atoms with van der Waals surface area (Å²) in [6, 6.07) is 15.5. The Morgan fingerprint density at radius 1 is 1.11 bits per heavy atom. The molecule has 5 nitrogen and oxygen atoms in total. The van der Waals surface area contributed by atoms with Gasteiger partial charge in [-0.1, -0.05) is 49.7 Å². The van der Waals surface area contributed by atoms with Crippen molar-refractivity contribution < 1.29 is 9.53 Å². The number of thiazole rings is 1. The Morgan fingerprint density at radius 2 is 1.89 bits per heavy atom. The maximum Gasteiger partial charge on any atom is 0.244 e. The fraction of sp³-hybridized carbons (Fsp3) is 0.364. The van der Waals surface area contributed by atoms with Crippen molar-refractivity contribution in [1.29, 1.82) is 0 Å². The molecule has 0 fully saturated rings. The molecule has 0 aliphatic carbocycles. The molecule has 0 bridgehead atoms. The monoisotopic (exact) mass is 397 g/mol. The molecule has 0 saturated carbocycles. The zero-order chi connectivity index (χ0) is 19.8. The minimum atomic E-state index is -0.0684. The number of methoxy groups -OCH3 is 1. The number of nitrogens with zero attached hydrogens (tertiary/aromatic N) is 2. The van der Waals surface area contributed by atoms with E-state index in [4.69, 9.17) is 9.73 Å². The second-order valence-electron chi connectivity index (χ2n) is 6.66. The van der Waals surface area contributed by atoms with Gasteiger partial charge in [0.1, 0.15) is 12.3 Å². The van der Waals surface area contributed by atoms with E-state index in [1.165, 1.54) is 19.3 Å². The number of aromatic nitrogens is 1. The van der Waals surface area contributed by atoms with Crippen LogP contribution in [0, 0.1) is 0 Å². The number of unbranched alkanes of at least 4 members (excludes halogenated alkanes) is 3. The molecule has 148 valence electrons. The zero-order valence-electron chi connectivity index (χ0n) is 16.5. The summed E-state index contributed by atoms with van der Waals surface area (Å²) in [5, 5.41) is 2.96. The Morgan fingerprint density at radius 3 is 2.64 bits per heavy atom. The van der Waals surface area contributed by atoms with Gasteiger partial charge in [-0.3, -0.25) is 9.79 Å². The summed E-state index contributed by atoms with van der Waals surface area (Å²) >= 11 is 1.64. The summed E-state index contributed by atoms with van der Waals surface area (Å²) < 4.78 is 8.32. The molecule has 28 heavy (non-hydrogen) atoms. The van der Waals surface area contributed by atoms with Crippen LogP contribution in [0.25, 0.3) is 10.2 Å². The van der Waals surface area contributed by atoms with Crippen molar-refractivity contribution in [3.8, 4) is 5.75 Å². The van der Waals surface area contributed by atoms with Crippen LogP contribution in [0.5, 0.6) is 5.75 Å². The number of hydrogen-bond acceptors (Lipinski definition) is 4. The minimum absolute atomic E-state index is 0.0684. The van der Waals surface area contributed by atoms with E-state index in [1.807, 2.05) is 47.0 Å². The predicted octanol–water partition coefficient (Wildman–Crippen LogP) is 4.83. The molecule has 0 saturated heterocycles. The molecule has 2 aromatic carbocycles. The third kappa shape index (κ3) is 5.23. The molecule has 1 heterocycles. The first-order valence-corrected chi connectivity index (χ1v) is 10.6. The van der Waals surface area contributed by atoms with Gasteiger partial charge >= 0.3 is 0 Å². The first-order chi connectivity index (χ1) is 13.7. The lowest BCUT2D eigenvalue weighted by atomic mass is 10.2. The number of benzene rings is 2. The van der Waals surface area contributed by atoms with Crippen molar-refractivity contribution in [1.82, 2.24) is 4.57 Å². The third-order valence-corrected chi connectivity index (χ3v) is 5.62. The van der Waals surface area contributed by atoms with E-state index in [0.717, 1.165) is 39.4 Å². The maximum absolute atomic E-state index is 12.6. The van der Waals surface area contributed by atoms with Gasteiger partial charge in [-0.05, 0) is 42.8 Å². The van der Waals surface area contributed by atoms with Crippen LogP contribution in [0.15, 0.2) is 53.5 Å². The lowest BCUT2D eigenvalue weighted by molar-refractivity contribution is -0.116. The quantitative estimate of drug-likeness (QED) is 0.526. The second-order valence-corrected chi connectivity index (χ2v) is 7.67. The highest BCUT2D eigenvalue weighted by Gasteiger charge is 2.10. The number of carbonyl (C=O) groups is 1. The molecule has 1 amide bonds. The highest BCUT2D eigenvalue weighted by Crippen LogP contribution is 2.18. The summed E-state index contributed by atoms with van der Waals surface area (Å²) in [4.78, 5) is 18.3. The van der Waals surface area contributed by atoms with E-state index in [1.54, 1.807) is 18.4 Å². The first-order valence-electron chi connectivity index (χ1n) is 9.74. The number of rotatable bonds is 9. The average Bonchev–Trinajstić information content (AvgIpc) is 3.06. The fourth-order valence-electron chi connectivity index (χ4n) is 3.03. The third-order valence-electron chi connectivity index (χ3n) is 4.52. The van der Waals surface area contributed by atoms with Crippen LogP contribution in [-0.4, -0.2) is 24.1 Å². The Bertz CT molecular complexity index is 973. The van der Waals surface area contributed by atoms with Crippen molar-refractivity contribution in [2.75, 3.05) is 19.0 Å². The van der Waals surface area contributed by atoms with Gasteiger partial charge in [0.05, 0.1) is 17.3 Å². The van der Waals surface area contributed by atoms with Gasteiger partial charge in [-0.2, -0.15) is 0 Å². The van der Waals surface area contributed by atoms with E-state index in [2.05, 4.69) is 18.3 Å². The van der Waals surface area contributed by atoms with Crippen LogP contribution in [0.4, 0.5) is 5.69 Å². The first kappa shape index (κ1) is 20.1. The van der Waals surface area contributed by atoms with Crippen LogP contribution in [-0.2, 0) is 11.3 Å². The zero-order valence-corrected chi connectivity index (χ0v) is 17.3. The molecule has 0 atom stereocenters. The summed E-state index contributed by atoms with van der Waals surface area (Å²) in [5.74, 6) is 0.696. The Hall–Kier alpha value is -2.60. The van der Waals surface area contributed by atoms with E-state index in [0.29, 0.717) is 0 Å². The van der Waals surface area contributed by atoms with Crippen molar-refractivity contribution in [3.63, 3.8) is 0 Å². The topological polar surface area (TPSA) is 55.6 Å². The fourth-order valence-corrected chi connectivity index (χ4v) is 4.08. The molecule has 1 aromatic heterocycles. The van der Waals surface area contributed by atoms with Crippen LogP contribution in [0.2, 0.25) is 0 Å². The smallest absolute Gasteiger partial charge is 0.244 e. The normalized spacial score (nSPS) is 11.7. The molecule has 1 N–H and O–H groups in total. The molecule has 3 rings (SSSR count). The van der Waals surface area contributed by atoms with Gasteiger partial charge in [0.25, 0.3) is 0 Å². The largest absolute Gasteiger partial charge is 0.497 e. The molecule has 0 aliphatic heterocycles. The van der Waals surface area contributed by atoms with E-state index in [-0.39, 0.29) is 12.5 Å². The van der Waals surface area contributed by atoms with Crippen LogP contribution >= 0.6 is 11.3 Å². The number of ether oxygens (including phenoxy) is 1. The lowest BCUT2D eigenvalue weighted by Gasteiger charge is -2.08. The van der Waals surface area contributed by atoms with Gasteiger partial charge in [0.15, 0.2) is 4.80 Å². The van der Waals surface area contributed by atoms with Gasteiger partial charge < -0.3 is 14.6 Å². The highest BCUT2D eigenvalue weighted by molar-refractivity contribution is 7.16. The average molecular weight is 398 g/mol. The van der Waals surface area contributed by atoms with Gasteiger partial charge in [-0.15, -0.1) is 0 Å². The summed E-state index contributed by atoms with van der Waals surface area (Å²) in [6.45, 7) is 3.25. The molecular formula is C22H27N3O2S. The van der Waals surface area contributed by atoms with Crippen LogP contribution in [0.1, 0.15) is 32.6 Å². The Balaban J connectivity index is 1.77. The van der Waals surface area contributed by atoms with E-state index < -0.39 is 0 Å². The molecule has 3 aromatic rings. The molecule has 0 radical (unpaired) electrons. The minimum Gasteiger partial charge on any atom is -0.497 e. The van der Waals surface area contributed by atoms with Gasteiger partial charge in [0, 0.05) is 12.2 Å². The van der Waals surface area contributed by atoms with Crippen LogP contribution < -0.4 is 14.9 Å². The standard InChI is InChI=1S/C22H27N3O2S/c1-3-4-5-8-15-23-22-25(19-9-6-7-10-20(19)28-22)16-21(26)24-17-11-13-18(27-2)14-12-17/h6-7,9-14H,3-5,8,15-16H2,1-2H3,(H,24,26). The predicted molar refractivity (Wildman–Crippen MR) is 116 cm³/mol. The molecule has 6 heteroatoms. The van der Waals surface area contributed by atoms with Gasteiger partial charge in [0.2, 0.25) is 5.91 Å². The number of anilines is 1. The second kappa shape index (κ2) is 10.1. The Labute approximate surface area is 169 Å². The van der Waals surface area contributed by atoms with Crippen molar-refractivity contribution >= 4 is 33.1 Å². The van der Waals surface area contributed by atoms with E-state index >= 15 is 0 Å². The number of amides is 1. The van der Waals surface area contributed by atoms with Crippen molar-refractivity contribution in [2.24, 2.45) is 4.99 Å². The molecule has 0 aliphatic rings. The Kier molecular flexibility index (Phi) is 7.25. The maximum atomic E-state index is 12.6.